The number of rotatable bonds is 4. The molecule has 1 aromatic carbocycles. The zero-order valence-corrected chi connectivity index (χ0v) is 16.6. The van der Waals surface area contributed by atoms with E-state index in [-0.39, 0.29) is 22.9 Å². The number of aromatic nitrogens is 4. The molecule has 1 saturated heterocycles. The average molecular weight is 407 g/mol. The third kappa shape index (κ3) is 3.09. The molecule has 1 saturated carbocycles. The topological polar surface area (TPSA) is 103 Å². The van der Waals surface area contributed by atoms with E-state index in [9.17, 15) is 9.18 Å². The van der Waals surface area contributed by atoms with Crippen molar-refractivity contribution in [3.05, 3.63) is 41.1 Å². The molecule has 8 nitrogen and oxygen atoms in total. The molecule has 1 amide bonds. The Labute approximate surface area is 172 Å². The minimum absolute atomic E-state index is 0.0978. The number of carbonyl (C=O) groups excluding carboxylic acids is 1. The molecule has 30 heavy (non-hydrogen) atoms. The monoisotopic (exact) mass is 407 g/mol. The van der Waals surface area contributed by atoms with Gasteiger partial charge in [0, 0.05) is 25.7 Å². The highest BCUT2D eigenvalue weighted by molar-refractivity contribution is 6.00. The molecule has 2 fully saturated rings. The molecule has 3 aromatic rings. The Hall–Kier alpha value is -3.38. The number of imidazole rings is 1. The van der Waals surface area contributed by atoms with Crippen LogP contribution >= 0.6 is 0 Å². The van der Waals surface area contributed by atoms with E-state index in [0.717, 1.165) is 37.9 Å². The number of anilines is 1. The van der Waals surface area contributed by atoms with Crippen LogP contribution in [0.25, 0.3) is 11.0 Å². The highest BCUT2D eigenvalue weighted by Gasteiger charge is 2.27. The standard InChI is InChI=1S/C21H22FN7O/c1-24-21-19(20(23)30)16(27-29(21)14-6-7-25-10-14)5-2-12-8-17-18(9-15(12)22)28(11-26-17)13-3-4-13/h8-9,11,13-14,24-25H,3-4,6-7,10H2,1H3,(H2,23,30)/t14-/m0/s1. The predicted octanol–water partition coefficient (Wildman–Crippen LogP) is 1.78. The lowest BCUT2D eigenvalue weighted by Gasteiger charge is -2.13. The van der Waals surface area contributed by atoms with Crippen LogP contribution in [0.2, 0.25) is 0 Å². The van der Waals surface area contributed by atoms with Crippen molar-refractivity contribution in [2.45, 2.75) is 31.3 Å². The van der Waals surface area contributed by atoms with Crippen LogP contribution in [0.4, 0.5) is 10.2 Å². The largest absolute Gasteiger partial charge is 0.373 e. The first kappa shape index (κ1) is 18.6. The molecule has 154 valence electrons. The van der Waals surface area contributed by atoms with Crippen LogP contribution in [-0.2, 0) is 0 Å². The first-order chi connectivity index (χ1) is 14.6. The number of halogens is 1. The maximum atomic E-state index is 14.7. The van der Waals surface area contributed by atoms with E-state index < -0.39 is 11.7 Å². The van der Waals surface area contributed by atoms with Gasteiger partial charge in [0.1, 0.15) is 17.2 Å². The smallest absolute Gasteiger partial charge is 0.255 e. The van der Waals surface area contributed by atoms with E-state index in [1.54, 1.807) is 24.1 Å². The summed E-state index contributed by atoms with van der Waals surface area (Å²) in [6.07, 6.45) is 4.83. The number of hydrogen-bond donors (Lipinski definition) is 3. The van der Waals surface area contributed by atoms with Gasteiger partial charge in [-0.1, -0.05) is 5.92 Å². The van der Waals surface area contributed by atoms with Crippen molar-refractivity contribution in [1.82, 2.24) is 24.6 Å². The van der Waals surface area contributed by atoms with Crippen molar-refractivity contribution in [2.75, 3.05) is 25.5 Å². The Kier molecular flexibility index (Phi) is 4.44. The molecule has 1 aliphatic carbocycles. The van der Waals surface area contributed by atoms with Gasteiger partial charge in [0.2, 0.25) is 0 Å². The highest BCUT2D eigenvalue weighted by Crippen LogP contribution is 2.37. The average Bonchev–Trinajstić information content (AvgIpc) is 3.15. The van der Waals surface area contributed by atoms with E-state index in [2.05, 4.69) is 32.6 Å². The van der Waals surface area contributed by atoms with E-state index in [1.165, 1.54) is 6.07 Å². The van der Waals surface area contributed by atoms with Crippen LogP contribution in [0.1, 0.15) is 53.0 Å². The second-order valence-corrected chi connectivity index (χ2v) is 7.73. The maximum Gasteiger partial charge on any atom is 0.255 e. The van der Waals surface area contributed by atoms with Crippen molar-refractivity contribution in [3.8, 4) is 11.8 Å². The second-order valence-electron chi connectivity index (χ2n) is 7.73. The molecular formula is C21H22FN7O. The summed E-state index contributed by atoms with van der Waals surface area (Å²) in [5, 5.41) is 10.8. The molecule has 2 aliphatic rings. The Balaban J connectivity index is 1.56. The van der Waals surface area contributed by atoms with Crippen molar-refractivity contribution in [1.29, 1.82) is 0 Å². The minimum Gasteiger partial charge on any atom is -0.373 e. The predicted molar refractivity (Wildman–Crippen MR) is 111 cm³/mol. The number of benzene rings is 1. The van der Waals surface area contributed by atoms with Crippen LogP contribution in [0.5, 0.6) is 0 Å². The first-order valence-electron chi connectivity index (χ1n) is 10.1. The number of carbonyl (C=O) groups is 1. The summed E-state index contributed by atoms with van der Waals surface area (Å²) in [4.78, 5) is 16.5. The summed E-state index contributed by atoms with van der Waals surface area (Å²) in [6.45, 7) is 1.62. The number of primary amides is 1. The van der Waals surface area contributed by atoms with Crippen LogP contribution in [0.15, 0.2) is 18.5 Å². The molecule has 9 heteroatoms. The molecular weight excluding hydrogens is 385 g/mol. The Morgan fingerprint density at radius 2 is 2.13 bits per heavy atom. The quantitative estimate of drug-likeness (QED) is 0.572. The zero-order valence-electron chi connectivity index (χ0n) is 16.6. The third-order valence-electron chi connectivity index (χ3n) is 5.69. The van der Waals surface area contributed by atoms with Crippen molar-refractivity contribution in [2.24, 2.45) is 5.73 Å². The highest BCUT2D eigenvalue weighted by atomic mass is 19.1. The molecule has 3 heterocycles. The van der Waals surface area contributed by atoms with E-state index in [4.69, 9.17) is 5.73 Å². The SMILES string of the molecule is CNc1c(C(N)=O)c(C#Cc2cc3ncn(C4CC4)c3cc2F)nn1[C@H]1CCNC1. The lowest BCUT2D eigenvalue weighted by molar-refractivity contribution is 0.100. The van der Waals surface area contributed by atoms with Gasteiger partial charge in [-0.05, 0) is 37.8 Å². The summed E-state index contributed by atoms with van der Waals surface area (Å²) >= 11 is 0. The van der Waals surface area contributed by atoms with Crippen LogP contribution in [-0.4, -0.2) is 45.4 Å². The fourth-order valence-electron chi connectivity index (χ4n) is 4.02. The molecule has 0 unspecified atom stereocenters. The normalized spacial score (nSPS) is 18.4. The summed E-state index contributed by atoms with van der Waals surface area (Å²) in [5.74, 6) is 5.16. The Bertz CT molecular complexity index is 1210. The van der Waals surface area contributed by atoms with Gasteiger partial charge in [-0.15, -0.1) is 0 Å². The van der Waals surface area contributed by atoms with E-state index in [0.29, 0.717) is 17.4 Å². The summed E-state index contributed by atoms with van der Waals surface area (Å²) < 4.78 is 18.5. The van der Waals surface area contributed by atoms with Gasteiger partial charge >= 0.3 is 0 Å². The fraction of sp³-hybridized carbons (Fsp3) is 0.381. The van der Waals surface area contributed by atoms with Crippen LogP contribution < -0.4 is 16.4 Å². The number of amides is 1. The number of nitrogens with two attached hydrogens (primary N) is 1. The number of nitrogens with zero attached hydrogens (tertiary/aromatic N) is 4. The van der Waals surface area contributed by atoms with Gasteiger partial charge < -0.3 is 20.9 Å². The second kappa shape index (κ2) is 7.15. The fourth-order valence-corrected chi connectivity index (χ4v) is 4.02. The van der Waals surface area contributed by atoms with Crippen molar-refractivity contribution >= 4 is 22.8 Å². The van der Waals surface area contributed by atoms with E-state index >= 15 is 0 Å². The molecule has 1 aliphatic heterocycles. The minimum atomic E-state index is -0.625. The first-order valence-corrected chi connectivity index (χ1v) is 10.1. The number of fused-ring (bicyclic) bond motifs is 1. The summed E-state index contributed by atoms with van der Waals surface area (Å²) in [6, 6.07) is 3.62. The van der Waals surface area contributed by atoms with Gasteiger partial charge in [-0.3, -0.25) is 4.79 Å². The van der Waals surface area contributed by atoms with Gasteiger partial charge in [0.15, 0.2) is 5.69 Å². The van der Waals surface area contributed by atoms with Crippen molar-refractivity contribution < 1.29 is 9.18 Å². The molecule has 0 bridgehead atoms. The number of hydrogen-bond acceptors (Lipinski definition) is 5. The zero-order chi connectivity index (χ0) is 20.8. The Morgan fingerprint density at radius 1 is 1.30 bits per heavy atom. The molecule has 4 N–H and O–H groups in total. The summed E-state index contributed by atoms with van der Waals surface area (Å²) in [5.41, 5.74) is 7.75. The third-order valence-corrected chi connectivity index (χ3v) is 5.69. The number of nitrogens with one attached hydrogen (secondary N) is 2. The molecule has 1 atom stereocenters. The van der Waals surface area contributed by atoms with Crippen LogP contribution in [0.3, 0.4) is 0 Å². The Morgan fingerprint density at radius 3 is 2.80 bits per heavy atom. The summed E-state index contributed by atoms with van der Waals surface area (Å²) in [7, 11) is 1.71. The van der Waals surface area contributed by atoms with Crippen molar-refractivity contribution in [3.63, 3.8) is 0 Å². The lowest BCUT2D eigenvalue weighted by atomic mass is 10.1. The van der Waals surface area contributed by atoms with Gasteiger partial charge in [0.25, 0.3) is 5.91 Å². The van der Waals surface area contributed by atoms with Crippen LogP contribution in [0, 0.1) is 17.7 Å². The van der Waals surface area contributed by atoms with E-state index in [1.807, 2.05) is 4.57 Å². The lowest BCUT2D eigenvalue weighted by Crippen LogP contribution is -2.18. The van der Waals surface area contributed by atoms with Gasteiger partial charge in [-0.25, -0.2) is 14.1 Å². The molecule has 5 rings (SSSR count). The van der Waals surface area contributed by atoms with Gasteiger partial charge in [0.05, 0.1) is 29.0 Å². The van der Waals surface area contributed by atoms with Gasteiger partial charge in [-0.2, -0.15) is 5.10 Å². The molecule has 0 spiro atoms. The molecule has 0 radical (unpaired) electrons. The maximum absolute atomic E-state index is 14.7. The molecule has 2 aromatic heterocycles.